The third-order valence-electron chi connectivity index (χ3n) is 5.59. The number of aromatic nitrogens is 4. The van der Waals surface area contributed by atoms with E-state index in [0.717, 1.165) is 29.1 Å². The first-order chi connectivity index (χ1) is 19.4. The van der Waals surface area contributed by atoms with Gasteiger partial charge in [0, 0.05) is 22.0 Å². The summed E-state index contributed by atoms with van der Waals surface area (Å²) in [6.07, 6.45) is 2.06. The Labute approximate surface area is 244 Å². The van der Waals surface area contributed by atoms with Crippen LogP contribution < -0.4 is 10.6 Å². The molecule has 0 aliphatic heterocycles. The number of nitrogens with zero attached hydrogens (tertiary/aromatic N) is 4. The van der Waals surface area contributed by atoms with Crippen LogP contribution in [0.3, 0.4) is 0 Å². The third-order valence-corrected chi connectivity index (χ3v) is 6.96. The van der Waals surface area contributed by atoms with Gasteiger partial charge in [-0.05, 0) is 61.2 Å². The van der Waals surface area contributed by atoms with Gasteiger partial charge in [0.05, 0.1) is 12.1 Å². The van der Waals surface area contributed by atoms with Gasteiger partial charge < -0.3 is 10.1 Å². The van der Waals surface area contributed by atoms with Gasteiger partial charge in [-0.3, -0.25) is 19.7 Å². The smallest absolute Gasteiger partial charge is 0.294 e. The van der Waals surface area contributed by atoms with Crippen LogP contribution in [0.5, 0.6) is 0 Å². The van der Waals surface area contributed by atoms with Gasteiger partial charge >= 0.3 is 0 Å². The summed E-state index contributed by atoms with van der Waals surface area (Å²) < 4.78 is 4.97. The Morgan fingerprint density at radius 2 is 1.68 bits per heavy atom. The topological polar surface area (TPSA) is 136 Å². The Balaban J connectivity index is 1.20. The summed E-state index contributed by atoms with van der Waals surface area (Å²) in [5, 5.41) is 23.9. The number of amides is 2. The van der Waals surface area contributed by atoms with E-state index in [1.54, 1.807) is 48.5 Å². The van der Waals surface area contributed by atoms with E-state index in [1.807, 2.05) is 12.1 Å². The van der Waals surface area contributed by atoms with E-state index < -0.39 is 12.0 Å². The Kier molecular flexibility index (Phi) is 10.5. The zero-order valence-corrected chi connectivity index (χ0v) is 23.4. The van der Waals surface area contributed by atoms with Crippen molar-refractivity contribution in [3.8, 4) is 0 Å². The van der Waals surface area contributed by atoms with Crippen molar-refractivity contribution in [2.45, 2.75) is 38.2 Å². The lowest BCUT2D eigenvalue weighted by Crippen LogP contribution is -2.23. The molecule has 2 amide bonds. The van der Waals surface area contributed by atoms with Crippen molar-refractivity contribution in [3.63, 3.8) is 0 Å². The normalized spacial score (nSPS) is 11.4. The summed E-state index contributed by atoms with van der Waals surface area (Å²) in [5.74, 6) is -0.372. The minimum Gasteiger partial charge on any atom is -0.449 e. The number of ether oxygens (including phenoxy) is 1. The molecule has 0 radical (unpaired) electrons. The van der Waals surface area contributed by atoms with Gasteiger partial charge in [0.15, 0.2) is 5.82 Å². The zero-order chi connectivity index (χ0) is 28.3. The van der Waals surface area contributed by atoms with Crippen LogP contribution in [0, 0.1) is 0 Å². The standard InChI is InChI=1S/C27H24Cl2N6O4S/c28-19-7-3-5-17(13-19)14-23(37)30-22-12-11-21(32-33-22)9-1-2-10-24-34-35-27(40-24)31-26(38)25(39-16-36)18-6-4-8-20(29)15-18/h3-8,11-13,15-16,25H,1-2,9-10,14H2,(H,30,33,37)(H,31,35,38). The Morgan fingerprint density at radius 3 is 2.40 bits per heavy atom. The highest BCUT2D eigenvalue weighted by molar-refractivity contribution is 7.15. The minimum atomic E-state index is -1.16. The number of carbonyl (C=O) groups is 3. The van der Waals surface area contributed by atoms with E-state index in [9.17, 15) is 14.4 Å². The van der Waals surface area contributed by atoms with Crippen LogP contribution >= 0.6 is 34.5 Å². The lowest BCUT2D eigenvalue weighted by Gasteiger charge is -2.14. The van der Waals surface area contributed by atoms with Crippen molar-refractivity contribution < 1.29 is 19.1 Å². The van der Waals surface area contributed by atoms with Crippen LogP contribution in [0.4, 0.5) is 10.9 Å². The van der Waals surface area contributed by atoms with Crippen molar-refractivity contribution >= 4 is 63.8 Å². The number of carbonyl (C=O) groups excluding carboxylic acids is 3. The SMILES string of the molecule is O=COC(C(=O)Nc1nnc(CCCCc2ccc(NC(=O)Cc3cccc(Cl)c3)nn2)s1)c1cccc(Cl)c1. The minimum absolute atomic E-state index is 0.190. The molecule has 2 aromatic heterocycles. The highest BCUT2D eigenvalue weighted by Crippen LogP contribution is 2.24. The van der Waals surface area contributed by atoms with E-state index in [0.29, 0.717) is 39.4 Å². The lowest BCUT2D eigenvalue weighted by molar-refractivity contribution is -0.142. The molecule has 0 saturated carbocycles. The average molecular weight is 600 g/mol. The van der Waals surface area contributed by atoms with E-state index >= 15 is 0 Å². The summed E-state index contributed by atoms with van der Waals surface area (Å²) >= 11 is 13.2. The quantitative estimate of drug-likeness (QED) is 0.157. The third kappa shape index (κ3) is 8.80. The molecule has 4 rings (SSSR count). The Hall–Kier alpha value is -3.93. The first-order valence-electron chi connectivity index (χ1n) is 12.2. The fraction of sp³-hybridized carbons (Fsp3) is 0.222. The number of anilines is 2. The Bertz CT molecular complexity index is 1470. The number of halogens is 2. The molecule has 1 atom stereocenters. The van der Waals surface area contributed by atoms with Crippen molar-refractivity contribution in [1.29, 1.82) is 0 Å². The molecule has 0 fully saturated rings. The fourth-order valence-electron chi connectivity index (χ4n) is 3.75. The molecule has 10 nitrogen and oxygen atoms in total. The number of benzene rings is 2. The molecule has 206 valence electrons. The van der Waals surface area contributed by atoms with Crippen LogP contribution in [0.15, 0.2) is 60.7 Å². The molecule has 1 unspecified atom stereocenters. The summed E-state index contributed by atoms with van der Waals surface area (Å²) in [5.41, 5.74) is 2.06. The number of hydrogen-bond acceptors (Lipinski definition) is 9. The number of nitrogens with one attached hydrogen (secondary N) is 2. The van der Waals surface area contributed by atoms with Crippen molar-refractivity contribution in [3.05, 3.63) is 92.5 Å². The molecule has 0 aliphatic rings. The number of hydrogen-bond donors (Lipinski definition) is 2. The van der Waals surface area contributed by atoms with Gasteiger partial charge in [0.1, 0.15) is 5.01 Å². The van der Waals surface area contributed by atoms with Gasteiger partial charge in [-0.2, -0.15) is 5.10 Å². The van der Waals surface area contributed by atoms with Gasteiger partial charge in [-0.1, -0.05) is 58.8 Å². The predicted octanol–water partition coefficient (Wildman–Crippen LogP) is 5.23. The highest BCUT2D eigenvalue weighted by Gasteiger charge is 2.23. The molecule has 0 bridgehead atoms. The van der Waals surface area contributed by atoms with Gasteiger partial charge in [-0.25, -0.2) is 0 Å². The van der Waals surface area contributed by atoms with Crippen LogP contribution in [-0.2, 0) is 38.4 Å². The second-order valence-corrected chi connectivity index (χ2v) is 10.6. The number of unbranched alkanes of at least 4 members (excludes halogenated alkanes) is 1. The van der Waals surface area contributed by atoms with Crippen molar-refractivity contribution in [2.75, 3.05) is 10.6 Å². The average Bonchev–Trinajstić information content (AvgIpc) is 3.37. The van der Waals surface area contributed by atoms with E-state index in [4.69, 9.17) is 27.9 Å². The number of aryl methyl sites for hydroxylation is 2. The van der Waals surface area contributed by atoms with Crippen LogP contribution in [-0.4, -0.2) is 38.7 Å². The van der Waals surface area contributed by atoms with E-state index in [2.05, 4.69) is 31.0 Å². The summed E-state index contributed by atoms with van der Waals surface area (Å²) in [6, 6.07) is 17.2. The van der Waals surface area contributed by atoms with E-state index in [-0.39, 0.29) is 18.8 Å². The molecule has 0 spiro atoms. The molecular formula is C27H24Cl2N6O4S. The second kappa shape index (κ2) is 14.5. The molecule has 4 aromatic rings. The monoisotopic (exact) mass is 598 g/mol. The lowest BCUT2D eigenvalue weighted by atomic mass is 10.1. The highest BCUT2D eigenvalue weighted by atomic mass is 35.5. The molecule has 0 aliphatic carbocycles. The first kappa shape index (κ1) is 29.1. The maximum absolute atomic E-state index is 12.7. The maximum Gasteiger partial charge on any atom is 0.294 e. The number of rotatable bonds is 13. The molecule has 13 heteroatoms. The van der Waals surface area contributed by atoms with Gasteiger partial charge in [0.25, 0.3) is 12.4 Å². The van der Waals surface area contributed by atoms with Crippen LogP contribution in [0.2, 0.25) is 10.0 Å². The predicted molar refractivity (Wildman–Crippen MR) is 152 cm³/mol. The largest absolute Gasteiger partial charge is 0.449 e. The fourth-order valence-corrected chi connectivity index (χ4v) is 4.95. The molecular weight excluding hydrogens is 575 g/mol. The van der Waals surface area contributed by atoms with E-state index in [1.165, 1.54) is 11.3 Å². The first-order valence-corrected chi connectivity index (χ1v) is 13.8. The molecule has 2 N–H and O–H groups in total. The van der Waals surface area contributed by atoms with Crippen molar-refractivity contribution in [1.82, 2.24) is 20.4 Å². The maximum atomic E-state index is 12.7. The summed E-state index contributed by atoms with van der Waals surface area (Å²) in [6.45, 7) is 0.216. The molecule has 2 heterocycles. The summed E-state index contributed by atoms with van der Waals surface area (Å²) in [7, 11) is 0. The van der Waals surface area contributed by atoms with Gasteiger partial charge in [-0.15, -0.1) is 15.3 Å². The van der Waals surface area contributed by atoms with Gasteiger partial charge in [0.2, 0.25) is 17.1 Å². The van der Waals surface area contributed by atoms with Crippen molar-refractivity contribution in [2.24, 2.45) is 0 Å². The summed E-state index contributed by atoms with van der Waals surface area (Å²) in [4.78, 5) is 35.8. The van der Waals surface area contributed by atoms with Crippen LogP contribution in [0.25, 0.3) is 0 Å². The molecule has 40 heavy (non-hydrogen) atoms. The second-order valence-electron chi connectivity index (χ2n) is 8.63. The van der Waals surface area contributed by atoms with Crippen LogP contribution in [0.1, 0.15) is 40.8 Å². The molecule has 0 saturated heterocycles. The molecule has 2 aromatic carbocycles. The Morgan fingerprint density at radius 1 is 0.900 bits per heavy atom. The zero-order valence-electron chi connectivity index (χ0n) is 21.0.